The van der Waals surface area contributed by atoms with Crippen molar-refractivity contribution in [1.29, 1.82) is 0 Å². The smallest absolute Gasteiger partial charge is 0.282 e. The zero-order valence-corrected chi connectivity index (χ0v) is 16.6. The van der Waals surface area contributed by atoms with Gasteiger partial charge in [-0.1, -0.05) is 41.9 Å². The monoisotopic (exact) mass is 406 g/mol. The Hall–Kier alpha value is -3.38. The standard InChI is InChI=1S/C22H19ClN4O2/c1-2-26-13-18(21(28)24-12-15-8-10-16(23)11-9-15)20-19(14-26)22(29)27(25-20)17-6-4-3-5-7-17/h3-11,13-14H,2,12H2,1H3,(H,24,28). The summed E-state index contributed by atoms with van der Waals surface area (Å²) in [5.41, 5.74) is 2.50. The number of nitrogens with zero attached hydrogens (tertiary/aromatic N) is 3. The molecule has 0 unspecified atom stereocenters. The van der Waals surface area contributed by atoms with Gasteiger partial charge < -0.3 is 9.88 Å². The van der Waals surface area contributed by atoms with Crippen LogP contribution in [0.4, 0.5) is 0 Å². The van der Waals surface area contributed by atoms with E-state index >= 15 is 0 Å². The molecule has 0 spiro atoms. The van der Waals surface area contributed by atoms with E-state index in [-0.39, 0.29) is 11.5 Å². The number of nitrogens with one attached hydrogen (secondary N) is 1. The molecule has 2 aromatic rings. The summed E-state index contributed by atoms with van der Waals surface area (Å²) in [6.07, 6.45) is 3.46. The minimum atomic E-state index is -0.287. The van der Waals surface area contributed by atoms with Crippen molar-refractivity contribution in [2.75, 3.05) is 0 Å². The molecule has 146 valence electrons. The molecular weight excluding hydrogens is 388 g/mol. The van der Waals surface area contributed by atoms with Crippen LogP contribution in [0.5, 0.6) is 0 Å². The zero-order valence-electron chi connectivity index (χ0n) is 15.8. The molecule has 7 heteroatoms. The Bertz CT molecular complexity index is 1180. The molecule has 0 saturated heterocycles. The number of hydrogen-bond donors (Lipinski definition) is 1. The van der Waals surface area contributed by atoms with Crippen LogP contribution in [0.2, 0.25) is 5.02 Å². The van der Waals surface area contributed by atoms with Gasteiger partial charge >= 0.3 is 0 Å². The van der Waals surface area contributed by atoms with Gasteiger partial charge in [-0.3, -0.25) is 9.59 Å². The Balaban J connectivity index is 1.72. The molecule has 1 N–H and O–H groups in total. The van der Waals surface area contributed by atoms with E-state index in [2.05, 4.69) is 10.4 Å². The van der Waals surface area contributed by atoms with E-state index in [4.69, 9.17) is 11.6 Å². The molecule has 29 heavy (non-hydrogen) atoms. The average molecular weight is 407 g/mol. The third kappa shape index (κ3) is 3.79. The second-order valence-corrected chi connectivity index (χ2v) is 7.06. The van der Waals surface area contributed by atoms with E-state index in [1.165, 1.54) is 4.68 Å². The van der Waals surface area contributed by atoms with Crippen molar-refractivity contribution in [3.05, 3.63) is 93.5 Å². The summed E-state index contributed by atoms with van der Waals surface area (Å²) in [5.74, 6) is -0.287. The van der Waals surface area contributed by atoms with E-state index in [0.29, 0.717) is 40.6 Å². The van der Waals surface area contributed by atoms with Gasteiger partial charge in [-0.2, -0.15) is 9.78 Å². The molecule has 4 rings (SSSR count). The molecule has 0 aliphatic carbocycles. The number of halogens is 1. The number of hydrogen-bond acceptors (Lipinski definition) is 3. The van der Waals surface area contributed by atoms with Gasteiger partial charge in [0, 0.05) is 30.5 Å². The number of amides is 1. The van der Waals surface area contributed by atoms with Gasteiger partial charge in [0.15, 0.2) is 0 Å². The Morgan fingerprint density at radius 3 is 2.48 bits per heavy atom. The van der Waals surface area contributed by atoms with Crippen molar-refractivity contribution in [2.24, 2.45) is 0 Å². The van der Waals surface area contributed by atoms with Crippen molar-refractivity contribution < 1.29 is 4.79 Å². The minimum absolute atomic E-state index is 0.249. The van der Waals surface area contributed by atoms with Crippen LogP contribution < -0.4 is 10.9 Å². The van der Waals surface area contributed by atoms with E-state index in [9.17, 15) is 9.59 Å². The summed E-state index contributed by atoms with van der Waals surface area (Å²) in [5, 5.41) is 8.00. The summed E-state index contributed by atoms with van der Waals surface area (Å²) in [4.78, 5) is 25.8. The second kappa shape index (κ2) is 7.93. The Labute approximate surface area is 172 Å². The van der Waals surface area contributed by atoms with Crippen LogP contribution >= 0.6 is 11.6 Å². The molecule has 1 amide bonds. The van der Waals surface area contributed by atoms with E-state index in [0.717, 1.165) is 5.56 Å². The predicted octanol–water partition coefficient (Wildman–Crippen LogP) is 3.74. The first-order valence-corrected chi connectivity index (χ1v) is 9.65. The lowest BCUT2D eigenvalue weighted by atomic mass is 10.1. The SMILES string of the molecule is CCn1cc(C(=O)NCc2ccc(Cl)cc2)c2nn(-c3ccccc3)c(=O)c-2c1. The highest BCUT2D eigenvalue weighted by molar-refractivity contribution is 6.30. The van der Waals surface area contributed by atoms with Gasteiger partial charge in [0.25, 0.3) is 11.5 Å². The summed E-state index contributed by atoms with van der Waals surface area (Å²) in [6.45, 7) is 2.93. The van der Waals surface area contributed by atoms with Gasteiger partial charge in [-0.25, -0.2) is 0 Å². The van der Waals surface area contributed by atoms with Gasteiger partial charge in [-0.05, 0) is 36.8 Å². The van der Waals surface area contributed by atoms with Crippen LogP contribution in [0, 0.1) is 0 Å². The number of carbonyl (C=O) groups excluding carboxylic acids is 1. The van der Waals surface area contributed by atoms with Crippen LogP contribution in [-0.2, 0) is 13.1 Å². The highest BCUT2D eigenvalue weighted by atomic mass is 35.5. The van der Waals surface area contributed by atoms with Crippen molar-refractivity contribution >= 4 is 17.5 Å². The zero-order chi connectivity index (χ0) is 20.4. The topological polar surface area (TPSA) is 68.9 Å². The van der Waals surface area contributed by atoms with Gasteiger partial charge in [-0.15, -0.1) is 0 Å². The maximum atomic E-state index is 12.9. The molecule has 2 aliphatic rings. The van der Waals surface area contributed by atoms with Crippen LogP contribution in [0.1, 0.15) is 22.8 Å². The highest BCUT2D eigenvalue weighted by Gasteiger charge is 2.24. The molecular formula is C22H19ClN4O2. The first kappa shape index (κ1) is 19.0. The Morgan fingerprint density at radius 1 is 1.07 bits per heavy atom. The molecule has 6 nitrogen and oxygen atoms in total. The molecule has 0 atom stereocenters. The van der Waals surface area contributed by atoms with Gasteiger partial charge in [0.1, 0.15) is 5.69 Å². The van der Waals surface area contributed by atoms with Crippen LogP contribution in [-0.4, -0.2) is 20.3 Å². The van der Waals surface area contributed by atoms with Gasteiger partial charge in [0.05, 0.1) is 16.8 Å². The third-order valence-corrected chi connectivity index (χ3v) is 4.95. The predicted molar refractivity (Wildman–Crippen MR) is 113 cm³/mol. The molecule has 0 radical (unpaired) electrons. The summed E-state index contributed by atoms with van der Waals surface area (Å²) < 4.78 is 3.15. The molecule has 2 aromatic carbocycles. The normalized spacial score (nSPS) is 11.0. The largest absolute Gasteiger partial charge is 0.353 e. The maximum absolute atomic E-state index is 12.9. The molecule has 0 saturated carbocycles. The molecule has 0 fully saturated rings. The number of aromatic nitrogens is 3. The lowest BCUT2D eigenvalue weighted by Gasteiger charge is -2.11. The van der Waals surface area contributed by atoms with Crippen molar-refractivity contribution in [3.8, 4) is 16.9 Å². The summed E-state index contributed by atoms with van der Waals surface area (Å²) >= 11 is 5.91. The quantitative estimate of drug-likeness (QED) is 0.549. The average Bonchev–Trinajstić information content (AvgIpc) is 3.09. The second-order valence-electron chi connectivity index (χ2n) is 6.63. The number of para-hydroxylation sites is 1. The van der Waals surface area contributed by atoms with Crippen molar-refractivity contribution in [3.63, 3.8) is 0 Å². The molecule has 2 aliphatic heterocycles. The fourth-order valence-electron chi connectivity index (χ4n) is 3.13. The van der Waals surface area contributed by atoms with Crippen LogP contribution in [0.3, 0.4) is 0 Å². The van der Waals surface area contributed by atoms with Crippen molar-refractivity contribution in [1.82, 2.24) is 19.7 Å². The van der Waals surface area contributed by atoms with E-state index in [1.54, 1.807) is 36.7 Å². The number of rotatable bonds is 5. The fraction of sp³-hybridized carbons (Fsp3) is 0.136. The lowest BCUT2D eigenvalue weighted by molar-refractivity contribution is 0.0950. The van der Waals surface area contributed by atoms with E-state index < -0.39 is 0 Å². The summed E-state index contributed by atoms with van der Waals surface area (Å²) in [7, 11) is 0. The third-order valence-electron chi connectivity index (χ3n) is 4.70. The van der Waals surface area contributed by atoms with Gasteiger partial charge in [0.2, 0.25) is 0 Å². The van der Waals surface area contributed by atoms with Crippen LogP contribution in [0.25, 0.3) is 16.9 Å². The fourth-order valence-corrected chi connectivity index (χ4v) is 3.26. The Morgan fingerprint density at radius 2 is 1.79 bits per heavy atom. The number of aryl methyl sites for hydroxylation is 1. The number of fused-ring (bicyclic) bond motifs is 1. The summed E-state index contributed by atoms with van der Waals surface area (Å²) in [6, 6.07) is 16.4. The Kier molecular flexibility index (Phi) is 5.18. The van der Waals surface area contributed by atoms with Crippen LogP contribution in [0.15, 0.2) is 71.8 Å². The lowest BCUT2D eigenvalue weighted by Crippen LogP contribution is -2.24. The number of benzene rings is 2. The molecule has 0 aromatic heterocycles. The molecule has 0 bridgehead atoms. The van der Waals surface area contributed by atoms with E-state index in [1.807, 2.05) is 41.8 Å². The minimum Gasteiger partial charge on any atom is -0.353 e. The molecule has 2 heterocycles. The maximum Gasteiger partial charge on any atom is 0.282 e. The first-order chi connectivity index (χ1) is 14.1. The van der Waals surface area contributed by atoms with Crippen molar-refractivity contribution in [2.45, 2.75) is 20.0 Å². The number of pyridine rings is 1. The first-order valence-electron chi connectivity index (χ1n) is 9.27. The number of carbonyl (C=O) groups is 1. The highest BCUT2D eigenvalue weighted by Crippen LogP contribution is 2.22.